The van der Waals surface area contributed by atoms with Crippen molar-refractivity contribution in [2.24, 2.45) is 5.92 Å². The van der Waals surface area contributed by atoms with Gasteiger partial charge in [0.15, 0.2) is 0 Å². The molecule has 1 nitrogen and oxygen atoms in total. The summed E-state index contributed by atoms with van der Waals surface area (Å²) in [6, 6.07) is 0. The summed E-state index contributed by atoms with van der Waals surface area (Å²) in [6.07, 6.45) is 12.2. The van der Waals surface area contributed by atoms with Crippen molar-refractivity contribution in [2.45, 2.75) is 63.1 Å². The first kappa shape index (κ1) is 7.37. The third kappa shape index (κ3) is 0.891. The third-order valence-electron chi connectivity index (χ3n) is 4.18. The second-order valence-corrected chi connectivity index (χ2v) is 4.79. The zero-order valence-electron chi connectivity index (χ0n) is 7.72. The maximum atomic E-state index is 5.88. The molecular formula is C11H18O. The highest BCUT2D eigenvalue weighted by Crippen LogP contribution is 2.57. The van der Waals surface area contributed by atoms with Crippen LogP contribution in [-0.2, 0) is 4.74 Å². The van der Waals surface area contributed by atoms with Gasteiger partial charge in [-0.2, -0.15) is 0 Å². The zero-order chi connectivity index (χ0) is 8.02. The molecule has 0 amide bonds. The summed E-state index contributed by atoms with van der Waals surface area (Å²) in [4.78, 5) is 0. The van der Waals surface area contributed by atoms with Crippen LogP contribution in [0.2, 0.25) is 0 Å². The Morgan fingerprint density at radius 2 is 1.75 bits per heavy atom. The molecule has 0 aromatic rings. The van der Waals surface area contributed by atoms with Gasteiger partial charge in [0.1, 0.15) is 0 Å². The number of rotatable bonds is 1. The minimum absolute atomic E-state index is 0.431. The molecule has 2 saturated carbocycles. The van der Waals surface area contributed by atoms with Gasteiger partial charge in [-0.25, -0.2) is 0 Å². The maximum Gasteiger partial charge on any atom is 0.0976 e. The van der Waals surface area contributed by atoms with E-state index in [1.54, 1.807) is 0 Å². The van der Waals surface area contributed by atoms with Gasteiger partial charge in [-0.3, -0.25) is 0 Å². The molecule has 68 valence electrons. The lowest BCUT2D eigenvalue weighted by Crippen LogP contribution is -2.26. The van der Waals surface area contributed by atoms with Crippen molar-refractivity contribution in [1.29, 1.82) is 0 Å². The van der Waals surface area contributed by atoms with Crippen molar-refractivity contribution < 1.29 is 4.74 Å². The Morgan fingerprint density at radius 1 is 0.917 bits per heavy atom. The van der Waals surface area contributed by atoms with Gasteiger partial charge in [-0.15, -0.1) is 0 Å². The van der Waals surface area contributed by atoms with E-state index in [1.807, 2.05) is 0 Å². The van der Waals surface area contributed by atoms with E-state index in [1.165, 1.54) is 51.4 Å². The lowest BCUT2D eigenvalue weighted by atomic mass is 9.78. The first-order valence-corrected chi connectivity index (χ1v) is 5.60. The van der Waals surface area contributed by atoms with Crippen LogP contribution >= 0.6 is 0 Å². The number of hydrogen-bond donors (Lipinski definition) is 0. The molecule has 0 bridgehead atoms. The Kier molecular flexibility index (Phi) is 1.52. The summed E-state index contributed by atoms with van der Waals surface area (Å²) in [5.41, 5.74) is 0.431. The summed E-state index contributed by atoms with van der Waals surface area (Å²) in [5, 5.41) is 0. The average Bonchev–Trinajstić information content (AvgIpc) is 2.72. The molecule has 1 heterocycles. The molecule has 3 fully saturated rings. The van der Waals surface area contributed by atoms with Crippen LogP contribution < -0.4 is 0 Å². The van der Waals surface area contributed by atoms with E-state index < -0.39 is 0 Å². The molecule has 0 N–H and O–H groups in total. The molecule has 0 aromatic carbocycles. The largest absolute Gasteiger partial charge is 0.366 e. The van der Waals surface area contributed by atoms with Crippen LogP contribution in [0.1, 0.15) is 51.4 Å². The molecule has 0 spiro atoms. The van der Waals surface area contributed by atoms with Gasteiger partial charge < -0.3 is 4.74 Å². The molecule has 3 rings (SSSR count). The summed E-state index contributed by atoms with van der Waals surface area (Å²) >= 11 is 0. The van der Waals surface area contributed by atoms with Gasteiger partial charge in [0.05, 0.1) is 11.7 Å². The molecule has 1 heteroatoms. The van der Waals surface area contributed by atoms with Crippen molar-refractivity contribution in [3.8, 4) is 0 Å². The highest BCUT2D eigenvalue weighted by atomic mass is 16.6. The van der Waals surface area contributed by atoms with Crippen molar-refractivity contribution in [3.05, 3.63) is 0 Å². The lowest BCUT2D eigenvalue weighted by Gasteiger charge is -2.26. The van der Waals surface area contributed by atoms with Crippen LogP contribution in [-0.4, -0.2) is 11.7 Å². The SMILES string of the molecule is C1CCC(C23CCCC2O3)CC1. The van der Waals surface area contributed by atoms with Gasteiger partial charge in [0.25, 0.3) is 0 Å². The van der Waals surface area contributed by atoms with Crippen LogP contribution in [0.25, 0.3) is 0 Å². The van der Waals surface area contributed by atoms with Gasteiger partial charge in [-0.05, 0) is 38.0 Å². The zero-order valence-corrected chi connectivity index (χ0v) is 7.72. The second kappa shape index (κ2) is 2.47. The van der Waals surface area contributed by atoms with Crippen LogP contribution in [0.3, 0.4) is 0 Å². The van der Waals surface area contributed by atoms with Gasteiger partial charge in [0.2, 0.25) is 0 Å². The smallest absolute Gasteiger partial charge is 0.0976 e. The van der Waals surface area contributed by atoms with E-state index in [-0.39, 0.29) is 0 Å². The predicted octanol–water partition coefficient (Wildman–Crippen LogP) is 2.89. The van der Waals surface area contributed by atoms with Gasteiger partial charge >= 0.3 is 0 Å². The quantitative estimate of drug-likeness (QED) is 0.546. The Labute approximate surface area is 74.5 Å². The number of fused-ring (bicyclic) bond motifs is 1. The molecule has 0 radical (unpaired) electrons. The number of ether oxygens (including phenoxy) is 1. The van der Waals surface area contributed by atoms with E-state index in [0.717, 1.165) is 5.92 Å². The van der Waals surface area contributed by atoms with Crippen molar-refractivity contribution in [2.75, 3.05) is 0 Å². The van der Waals surface area contributed by atoms with E-state index in [0.29, 0.717) is 11.7 Å². The fourth-order valence-electron chi connectivity index (χ4n) is 3.47. The second-order valence-electron chi connectivity index (χ2n) is 4.79. The number of epoxide rings is 1. The lowest BCUT2D eigenvalue weighted by molar-refractivity contribution is 0.155. The molecule has 2 aliphatic carbocycles. The summed E-state index contributed by atoms with van der Waals surface area (Å²) < 4.78 is 5.88. The standard InChI is InChI=1S/C11H18O/c1-2-5-9(6-3-1)11-8-4-7-10(11)12-11/h9-10H,1-8H2. The highest BCUT2D eigenvalue weighted by Gasteiger charge is 2.62. The van der Waals surface area contributed by atoms with E-state index in [2.05, 4.69) is 0 Å². The van der Waals surface area contributed by atoms with E-state index in [4.69, 9.17) is 4.74 Å². The Hall–Kier alpha value is -0.0400. The van der Waals surface area contributed by atoms with E-state index in [9.17, 15) is 0 Å². The van der Waals surface area contributed by atoms with Crippen molar-refractivity contribution in [3.63, 3.8) is 0 Å². The summed E-state index contributed by atoms with van der Waals surface area (Å²) in [6.45, 7) is 0. The predicted molar refractivity (Wildman–Crippen MR) is 48.0 cm³/mol. The molecule has 1 aliphatic heterocycles. The molecule has 0 aromatic heterocycles. The highest BCUT2D eigenvalue weighted by molar-refractivity contribution is 5.11. The normalized spacial score (nSPS) is 47.5. The fourth-order valence-corrected chi connectivity index (χ4v) is 3.47. The summed E-state index contributed by atoms with van der Waals surface area (Å²) in [7, 11) is 0. The topological polar surface area (TPSA) is 12.5 Å². The Bertz CT molecular complexity index is 183. The average molecular weight is 166 g/mol. The molecular weight excluding hydrogens is 148 g/mol. The first-order chi connectivity index (χ1) is 5.92. The van der Waals surface area contributed by atoms with Crippen LogP contribution in [0, 0.1) is 5.92 Å². The minimum atomic E-state index is 0.431. The van der Waals surface area contributed by atoms with Crippen LogP contribution in [0.5, 0.6) is 0 Å². The number of hydrogen-bond acceptors (Lipinski definition) is 1. The van der Waals surface area contributed by atoms with Crippen LogP contribution in [0.15, 0.2) is 0 Å². The van der Waals surface area contributed by atoms with Gasteiger partial charge in [-0.1, -0.05) is 19.3 Å². The first-order valence-electron chi connectivity index (χ1n) is 5.60. The fraction of sp³-hybridized carbons (Fsp3) is 1.00. The molecule has 12 heavy (non-hydrogen) atoms. The Morgan fingerprint density at radius 3 is 2.33 bits per heavy atom. The van der Waals surface area contributed by atoms with Crippen molar-refractivity contribution >= 4 is 0 Å². The third-order valence-corrected chi connectivity index (χ3v) is 4.18. The maximum absolute atomic E-state index is 5.88. The summed E-state index contributed by atoms with van der Waals surface area (Å²) in [5.74, 6) is 0.943. The molecule has 2 atom stereocenters. The Balaban J connectivity index is 1.71. The van der Waals surface area contributed by atoms with Gasteiger partial charge in [0, 0.05) is 0 Å². The monoisotopic (exact) mass is 166 g/mol. The molecule has 1 saturated heterocycles. The van der Waals surface area contributed by atoms with Crippen molar-refractivity contribution in [1.82, 2.24) is 0 Å². The minimum Gasteiger partial charge on any atom is -0.366 e. The van der Waals surface area contributed by atoms with Crippen LogP contribution in [0.4, 0.5) is 0 Å². The molecule has 3 aliphatic rings. The van der Waals surface area contributed by atoms with E-state index >= 15 is 0 Å². The molecule has 2 unspecified atom stereocenters.